The van der Waals surface area contributed by atoms with Gasteiger partial charge < -0.3 is 19.3 Å². The van der Waals surface area contributed by atoms with E-state index in [1.54, 1.807) is 0 Å². The lowest BCUT2D eigenvalue weighted by Gasteiger charge is -2.47. The molecular weight excluding hydrogens is 881 g/mol. The van der Waals surface area contributed by atoms with Crippen LogP contribution in [0, 0.1) is 0 Å². The van der Waals surface area contributed by atoms with Crippen molar-refractivity contribution in [2.75, 3.05) is 13.2 Å². The zero-order valence-corrected chi connectivity index (χ0v) is 29.1. The fourth-order valence-corrected chi connectivity index (χ4v) is 7.11. The van der Waals surface area contributed by atoms with Crippen LogP contribution in [0.5, 0.6) is 0 Å². The normalized spacial score (nSPS) is 32.1. The minimum absolute atomic E-state index is 1.74. The van der Waals surface area contributed by atoms with E-state index in [4.69, 9.17) is 27.9 Å². The van der Waals surface area contributed by atoms with Crippen LogP contribution in [-0.2, 0) is 116 Å². The Balaban J connectivity index is 2.92. The van der Waals surface area contributed by atoms with Gasteiger partial charge in [0.05, 0.1) is 13.2 Å². The summed E-state index contributed by atoms with van der Waals surface area (Å²) < 4.78 is 269. The Labute approximate surface area is 286 Å². The van der Waals surface area contributed by atoms with Gasteiger partial charge in [-0.3, -0.25) is 31.9 Å². The van der Waals surface area contributed by atoms with Gasteiger partial charge in [-0.15, -0.1) is 0 Å². The maximum absolute atomic E-state index is 11.7. The third-order valence-electron chi connectivity index (χ3n) is 5.42. The SMILES string of the molecule is O=S(=O)(O)OCC1O[C@H](O[C@@H]2C(COS(=O)(=O)O)O[C@H](O)C(OS(=O)(=O)O)C2OS(=O)(=O)O)C(OS(=O)(=O)O)C(OS(=O)(=O)O)[C@@H]1OS(=O)(=O)O. The number of hydrogen-bond donors (Lipinski definition) is 8. The average Bonchev–Trinajstić information content (AvgIpc) is 2.84. The first-order chi connectivity index (χ1) is 22.5. The highest BCUT2D eigenvalue weighted by Gasteiger charge is 2.58. The molecule has 6 unspecified atom stereocenters. The van der Waals surface area contributed by atoms with Crippen molar-refractivity contribution in [2.24, 2.45) is 0 Å². The summed E-state index contributed by atoms with van der Waals surface area (Å²) in [6.45, 7) is -3.59. The number of aliphatic hydroxyl groups is 1. The molecule has 0 aliphatic carbocycles. The average molecular weight is 903 g/mol. The summed E-state index contributed by atoms with van der Waals surface area (Å²) in [5.74, 6) is 0. The summed E-state index contributed by atoms with van der Waals surface area (Å²) in [4.78, 5) is 0. The Bertz CT molecular complexity index is 2000. The van der Waals surface area contributed by atoms with Gasteiger partial charge in [-0.1, -0.05) is 0 Å². The van der Waals surface area contributed by atoms with E-state index in [2.05, 4.69) is 29.3 Å². The molecule has 0 saturated carbocycles. The second kappa shape index (κ2) is 16.3. The highest BCUT2D eigenvalue weighted by atomic mass is 32.3. The number of ether oxygens (including phenoxy) is 3. The largest absolute Gasteiger partial charge is 0.397 e. The van der Waals surface area contributed by atoms with E-state index in [9.17, 15) is 82.2 Å². The van der Waals surface area contributed by atoms with E-state index >= 15 is 0 Å². The van der Waals surface area contributed by atoms with Crippen LogP contribution in [0.15, 0.2) is 0 Å². The van der Waals surface area contributed by atoms with Crippen molar-refractivity contribution in [1.29, 1.82) is 0 Å². The molecule has 2 aliphatic rings. The molecular formula is C12H22O32S7. The van der Waals surface area contributed by atoms with Crippen LogP contribution in [0.25, 0.3) is 0 Å². The summed E-state index contributed by atoms with van der Waals surface area (Å²) >= 11 is 0. The molecule has 0 aromatic carbocycles. The molecule has 2 aliphatic heterocycles. The summed E-state index contributed by atoms with van der Waals surface area (Å²) in [6, 6.07) is 0. The Hall–Kier alpha value is -1.07. The van der Waals surface area contributed by atoms with Crippen molar-refractivity contribution in [1.82, 2.24) is 0 Å². The minimum Gasteiger partial charge on any atom is -0.366 e. The zero-order chi connectivity index (χ0) is 39.8. The Morgan fingerprint density at radius 2 is 0.706 bits per heavy atom. The standard InChI is InChI=1S/C12H22O32S7/c13-11-9(43-50(29,30)31)7(41-48(23,24)25)5(3(37-11)1-35-45(14,15)16)39-12-10(44-51(32,33)34)8(42-49(26,27)28)6(40-47(20,21)22)4(38-12)2-36-46(17,18)19/h3-13H,1-2H2,(H,14,15,16)(H,17,18,19)(H,20,21,22)(H,23,24,25)(H,26,27,28)(H,29,30,31)(H,32,33,34)/t3?,4?,5-,6-,7?,8?,9?,10?,11+,12-/m1/s1. The number of hydrogen-bond acceptors (Lipinski definition) is 25. The van der Waals surface area contributed by atoms with Crippen LogP contribution in [0.4, 0.5) is 0 Å². The van der Waals surface area contributed by atoms with Gasteiger partial charge in [0.25, 0.3) is 0 Å². The summed E-state index contributed by atoms with van der Waals surface area (Å²) in [6.07, 6.45) is -30.2. The first-order valence-electron chi connectivity index (χ1n) is 11.7. The second-order valence-corrected chi connectivity index (χ2v) is 16.5. The predicted molar refractivity (Wildman–Crippen MR) is 142 cm³/mol. The van der Waals surface area contributed by atoms with Crippen LogP contribution in [-0.4, -0.2) is 171 Å². The smallest absolute Gasteiger partial charge is 0.366 e. The predicted octanol–water partition coefficient (Wildman–Crippen LogP) is -6.61. The highest BCUT2D eigenvalue weighted by molar-refractivity contribution is 7.82. The van der Waals surface area contributed by atoms with Crippen molar-refractivity contribution < 1.29 is 139 Å². The maximum Gasteiger partial charge on any atom is 0.397 e. The fraction of sp³-hybridized carbons (Fsp3) is 1.00. The lowest BCUT2D eigenvalue weighted by molar-refractivity contribution is -0.343. The molecule has 0 aromatic heterocycles. The van der Waals surface area contributed by atoms with E-state index in [1.165, 1.54) is 0 Å². The molecule has 39 heteroatoms. The quantitative estimate of drug-likeness (QED) is 0.0593. The molecule has 0 radical (unpaired) electrons. The third kappa shape index (κ3) is 16.9. The van der Waals surface area contributed by atoms with Gasteiger partial charge in [0.2, 0.25) is 0 Å². The van der Waals surface area contributed by atoms with Crippen molar-refractivity contribution in [3.8, 4) is 0 Å². The van der Waals surface area contributed by atoms with Crippen LogP contribution in [0.1, 0.15) is 0 Å². The van der Waals surface area contributed by atoms with Crippen molar-refractivity contribution in [2.45, 2.75) is 61.4 Å². The van der Waals surface area contributed by atoms with E-state index in [1.807, 2.05) is 0 Å². The van der Waals surface area contributed by atoms with E-state index in [-0.39, 0.29) is 0 Å². The molecule has 0 aromatic rings. The first kappa shape index (κ1) is 46.1. The fourth-order valence-electron chi connectivity index (χ4n) is 4.02. The molecule has 8 N–H and O–H groups in total. The van der Waals surface area contributed by atoms with Gasteiger partial charge in [0, 0.05) is 0 Å². The van der Waals surface area contributed by atoms with Gasteiger partial charge in [-0.2, -0.15) is 58.9 Å². The molecule has 51 heavy (non-hydrogen) atoms. The Morgan fingerprint density at radius 3 is 1.08 bits per heavy atom. The van der Waals surface area contributed by atoms with Crippen LogP contribution in [0.2, 0.25) is 0 Å². The van der Waals surface area contributed by atoms with Gasteiger partial charge in [-0.25, -0.2) is 29.3 Å². The number of rotatable bonds is 18. The molecule has 2 saturated heterocycles. The molecule has 304 valence electrons. The lowest BCUT2D eigenvalue weighted by Crippen LogP contribution is -2.67. The monoisotopic (exact) mass is 902 g/mol. The first-order valence-corrected chi connectivity index (χ1v) is 21.2. The number of aliphatic hydroxyl groups excluding tert-OH is 1. The van der Waals surface area contributed by atoms with Crippen LogP contribution >= 0.6 is 0 Å². The van der Waals surface area contributed by atoms with Crippen molar-refractivity contribution in [3.05, 3.63) is 0 Å². The molecule has 2 heterocycles. The van der Waals surface area contributed by atoms with Crippen LogP contribution < -0.4 is 0 Å². The summed E-state index contributed by atoms with van der Waals surface area (Å²) in [5, 5.41) is 10.2. The van der Waals surface area contributed by atoms with E-state index in [0.29, 0.717) is 0 Å². The lowest BCUT2D eigenvalue weighted by atomic mass is 9.97. The third-order valence-corrected chi connectivity index (χ3v) is 8.61. The molecule has 2 rings (SSSR count). The van der Waals surface area contributed by atoms with Crippen LogP contribution in [0.3, 0.4) is 0 Å². The molecule has 0 amide bonds. The summed E-state index contributed by atoms with van der Waals surface area (Å²) in [5.41, 5.74) is 0. The summed E-state index contributed by atoms with van der Waals surface area (Å²) in [7, 11) is -41.2. The van der Waals surface area contributed by atoms with Gasteiger partial charge in [0.1, 0.15) is 36.6 Å². The molecule has 0 bridgehead atoms. The second-order valence-electron chi connectivity index (χ2n) is 9.08. The molecule has 2 fully saturated rings. The topological polar surface area (TPSA) is 493 Å². The Kier molecular flexibility index (Phi) is 14.8. The molecule has 0 spiro atoms. The van der Waals surface area contributed by atoms with E-state index < -0.39 is 147 Å². The minimum atomic E-state index is -6.10. The van der Waals surface area contributed by atoms with Gasteiger partial charge in [-0.05, 0) is 0 Å². The molecule has 10 atom stereocenters. The Morgan fingerprint density at radius 1 is 0.392 bits per heavy atom. The van der Waals surface area contributed by atoms with Gasteiger partial charge >= 0.3 is 72.8 Å². The maximum atomic E-state index is 11.7. The molecule has 32 nitrogen and oxygen atoms in total. The van der Waals surface area contributed by atoms with Gasteiger partial charge in [0.15, 0.2) is 24.8 Å². The highest BCUT2D eigenvalue weighted by Crippen LogP contribution is 2.36. The van der Waals surface area contributed by atoms with Crippen molar-refractivity contribution in [3.63, 3.8) is 0 Å². The zero-order valence-electron chi connectivity index (χ0n) is 23.4. The van der Waals surface area contributed by atoms with Crippen molar-refractivity contribution >= 4 is 72.8 Å². The van der Waals surface area contributed by atoms with E-state index in [0.717, 1.165) is 0 Å².